The summed E-state index contributed by atoms with van der Waals surface area (Å²) >= 11 is 5.88. The van der Waals surface area contributed by atoms with Crippen molar-refractivity contribution >= 4 is 23.4 Å². The number of carbonyl (C=O) groups is 2. The normalized spacial score (nSPS) is 16.5. The van der Waals surface area contributed by atoms with Gasteiger partial charge in [0.2, 0.25) is 11.8 Å². The molecule has 0 bridgehead atoms. The van der Waals surface area contributed by atoms with Gasteiger partial charge in [0.25, 0.3) is 0 Å². The quantitative estimate of drug-likeness (QED) is 0.875. The molecule has 0 aliphatic carbocycles. The fourth-order valence-electron chi connectivity index (χ4n) is 3.35. The minimum atomic E-state index is -0.375. The molecule has 4 nitrogen and oxygen atoms in total. The summed E-state index contributed by atoms with van der Waals surface area (Å²) in [6, 6.07) is 14.9. The molecule has 1 aliphatic rings. The van der Waals surface area contributed by atoms with Crippen molar-refractivity contribution in [3.63, 3.8) is 0 Å². The average molecular weight is 371 g/mol. The van der Waals surface area contributed by atoms with E-state index in [2.05, 4.69) is 5.32 Å². The third kappa shape index (κ3) is 4.64. The molecule has 2 aromatic rings. The highest BCUT2D eigenvalue weighted by molar-refractivity contribution is 6.30. The maximum Gasteiger partial charge on any atom is 0.243 e. The van der Waals surface area contributed by atoms with Gasteiger partial charge in [0.15, 0.2) is 0 Å². The summed E-state index contributed by atoms with van der Waals surface area (Å²) in [5.74, 6) is -0.0743. The predicted molar refractivity (Wildman–Crippen MR) is 103 cm³/mol. The summed E-state index contributed by atoms with van der Waals surface area (Å²) in [5.41, 5.74) is 3.11. The SMILES string of the molecule is Cc1cccc(CC(=O)N2CCC[C@H]2C(=O)NCc2ccc(Cl)cc2)c1. The number of halogens is 1. The number of nitrogens with zero attached hydrogens (tertiary/aromatic N) is 1. The van der Waals surface area contributed by atoms with Crippen molar-refractivity contribution in [1.29, 1.82) is 0 Å². The van der Waals surface area contributed by atoms with E-state index in [1.165, 1.54) is 0 Å². The molecule has 3 rings (SSSR count). The van der Waals surface area contributed by atoms with Crippen LogP contribution in [0.5, 0.6) is 0 Å². The summed E-state index contributed by atoms with van der Waals surface area (Å²) in [5, 5.41) is 3.61. The highest BCUT2D eigenvalue weighted by Crippen LogP contribution is 2.19. The standard InChI is InChI=1S/C21H23ClN2O2/c1-15-4-2-5-17(12-15)13-20(25)24-11-3-6-19(24)21(26)23-14-16-7-9-18(22)10-8-16/h2,4-5,7-10,12,19H,3,6,11,13-14H2,1H3,(H,23,26)/t19-/m0/s1. The molecule has 26 heavy (non-hydrogen) atoms. The van der Waals surface area contributed by atoms with Crippen LogP contribution in [0.1, 0.15) is 29.5 Å². The van der Waals surface area contributed by atoms with Crippen molar-refractivity contribution in [1.82, 2.24) is 10.2 Å². The lowest BCUT2D eigenvalue weighted by Gasteiger charge is -2.24. The smallest absolute Gasteiger partial charge is 0.243 e. The number of rotatable bonds is 5. The molecule has 2 amide bonds. The van der Waals surface area contributed by atoms with Gasteiger partial charge in [-0.15, -0.1) is 0 Å². The Balaban J connectivity index is 1.58. The maximum atomic E-state index is 12.7. The molecule has 1 N–H and O–H groups in total. The molecule has 0 spiro atoms. The number of hydrogen-bond donors (Lipinski definition) is 1. The molecule has 0 radical (unpaired) electrons. The number of hydrogen-bond acceptors (Lipinski definition) is 2. The summed E-state index contributed by atoms with van der Waals surface area (Å²) in [6.07, 6.45) is 1.91. The summed E-state index contributed by atoms with van der Waals surface area (Å²) < 4.78 is 0. The summed E-state index contributed by atoms with van der Waals surface area (Å²) in [7, 11) is 0. The van der Waals surface area contributed by atoms with E-state index >= 15 is 0 Å². The van der Waals surface area contributed by atoms with Crippen molar-refractivity contribution < 1.29 is 9.59 Å². The van der Waals surface area contributed by atoms with Gasteiger partial charge in [0.1, 0.15) is 6.04 Å². The molecule has 0 aromatic heterocycles. The zero-order valence-electron chi connectivity index (χ0n) is 14.9. The van der Waals surface area contributed by atoms with Crippen molar-refractivity contribution in [2.45, 2.75) is 38.8 Å². The zero-order valence-corrected chi connectivity index (χ0v) is 15.6. The van der Waals surface area contributed by atoms with Gasteiger partial charge >= 0.3 is 0 Å². The van der Waals surface area contributed by atoms with E-state index in [1.54, 1.807) is 17.0 Å². The van der Waals surface area contributed by atoms with Crippen molar-refractivity contribution in [3.8, 4) is 0 Å². The first-order valence-electron chi connectivity index (χ1n) is 8.90. The second-order valence-corrected chi connectivity index (χ2v) is 7.19. The van der Waals surface area contributed by atoms with E-state index in [4.69, 9.17) is 11.6 Å². The average Bonchev–Trinajstić information content (AvgIpc) is 3.11. The Morgan fingerprint density at radius 1 is 1.15 bits per heavy atom. The van der Waals surface area contributed by atoms with Gasteiger partial charge in [0, 0.05) is 18.1 Å². The van der Waals surface area contributed by atoms with Crippen LogP contribution in [0, 0.1) is 6.92 Å². The molecule has 1 saturated heterocycles. The molecule has 0 unspecified atom stereocenters. The van der Waals surface area contributed by atoms with E-state index in [1.807, 2.05) is 43.3 Å². The van der Waals surface area contributed by atoms with Gasteiger partial charge in [-0.2, -0.15) is 0 Å². The van der Waals surface area contributed by atoms with Crippen LogP contribution in [-0.4, -0.2) is 29.3 Å². The lowest BCUT2D eigenvalue weighted by molar-refractivity contribution is -0.138. The summed E-state index contributed by atoms with van der Waals surface area (Å²) in [6.45, 7) is 3.09. The van der Waals surface area contributed by atoms with Gasteiger partial charge in [-0.3, -0.25) is 9.59 Å². The topological polar surface area (TPSA) is 49.4 Å². The maximum absolute atomic E-state index is 12.7. The third-order valence-corrected chi connectivity index (χ3v) is 4.95. The van der Waals surface area contributed by atoms with Crippen LogP contribution >= 0.6 is 11.6 Å². The largest absolute Gasteiger partial charge is 0.350 e. The third-order valence-electron chi connectivity index (χ3n) is 4.69. The fraction of sp³-hybridized carbons (Fsp3) is 0.333. The number of likely N-dealkylation sites (tertiary alicyclic amines) is 1. The highest BCUT2D eigenvalue weighted by atomic mass is 35.5. The van der Waals surface area contributed by atoms with E-state index in [0.717, 1.165) is 23.1 Å². The number of amides is 2. The Hall–Kier alpha value is -2.33. The van der Waals surface area contributed by atoms with Crippen molar-refractivity contribution in [2.75, 3.05) is 6.54 Å². The van der Waals surface area contributed by atoms with Crippen molar-refractivity contribution in [2.24, 2.45) is 0 Å². The van der Waals surface area contributed by atoms with Crippen LogP contribution in [0.3, 0.4) is 0 Å². The van der Waals surface area contributed by atoms with E-state index in [9.17, 15) is 9.59 Å². The number of carbonyl (C=O) groups excluding carboxylic acids is 2. The number of aryl methyl sites for hydroxylation is 1. The van der Waals surface area contributed by atoms with Gasteiger partial charge in [-0.05, 0) is 43.0 Å². The monoisotopic (exact) mass is 370 g/mol. The molecule has 1 aliphatic heterocycles. The Morgan fingerprint density at radius 2 is 1.92 bits per heavy atom. The Bertz CT molecular complexity index is 789. The minimum absolute atomic E-state index is 0.0137. The molecule has 1 heterocycles. The minimum Gasteiger partial charge on any atom is -0.350 e. The lowest BCUT2D eigenvalue weighted by Crippen LogP contribution is -2.46. The molecule has 5 heteroatoms. The lowest BCUT2D eigenvalue weighted by atomic mass is 10.1. The molecule has 1 fully saturated rings. The first kappa shape index (κ1) is 18.5. The van der Waals surface area contributed by atoms with Gasteiger partial charge < -0.3 is 10.2 Å². The highest BCUT2D eigenvalue weighted by Gasteiger charge is 2.33. The van der Waals surface area contributed by atoms with Crippen molar-refractivity contribution in [3.05, 3.63) is 70.2 Å². The number of nitrogens with one attached hydrogen (secondary N) is 1. The van der Waals surface area contributed by atoms with Crippen LogP contribution in [0.4, 0.5) is 0 Å². The summed E-state index contributed by atoms with van der Waals surface area (Å²) in [4.78, 5) is 27.0. The molecule has 1 atom stereocenters. The van der Waals surface area contributed by atoms with Gasteiger partial charge in [0.05, 0.1) is 6.42 Å². The van der Waals surface area contributed by atoms with E-state index in [0.29, 0.717) is 31.0 Å². The van der Waals surface area contributed by atoms with Crippen LogP contribution < -0.4 is 5.32 Å². The molecule has 0 saturated carbocycles. The molecular formula is C21H23ClN2O2. The number of benzene rings is 2. The van der Waals surface area contributed by atoms with Crippen LogP contribution in [-0.2, 0) is 22.6 Å². The second kappa shape index (κ2) is 8.37. The van der Waals surface area contributed by atoms with Gasteiger partial charge in [-0.1, -0.05) is 53.6 Å². The molecule has 2 aromatic carbocycles. The first-order chi connectivity index (χ1) is 12.5. The first-order valence-corrected chi connectivity index (χ1v) is 9.28. The predicted octanol–water partition coefficient (Wildman–Crippen LogP) is 3.50. The Kier molecular flexibility index (Phi) is 5.94. The second-order valence-electron chi connectivity index (χ2n) is 6.76. The Labute approximate surface area is 159 Å². The fourth-order valence-corrected chi connectivity index (χ4v) is 3.47. The molecular weight excluding hydrogens is 348 g/mol. The van der Waals surface area contributed by atoms with Crippen LogP contribution in [0.15, 0.2) is 48.5 Å². The van der Waals surface area contributed by atoms with Crippen LogP contribution in [0.25, 0.3) is 0 Å². The Morgan fingerprint density at radius 3 is 2.65 bits per heavy atom. The van der Waals surface area contributed by atoms with E-state index in [-0.39, 0.29) is 17.9 Å². The van der Waals surface area contributed by atoms with E-state index < -0.39 is 0 Å². The molecule has 136 valence electrons. The van der Waals surface area contributed by atoms with Crippen LogP contribution in [0.2, 0.25) is 5.02 Å². The zero-order chi connectivity index (χ0) is 18.5. The van der Waals surface area contributed by atoms with Gasteiger partial charge in [-0.25, -0.2) is 0 Å².